The molecular formula is C17H21N5O. The first-order valence-electron chi connectivity index (χ1n) is 7.73. The Kier molecular flexibility index (Phi) is 4.25. The summed E-state index contributed by atoms with van der Waals surface area (Å²) < 4.78 is 0. The predicted octanol–water partition coefficient (Wildman–Crippen LogP) is 1.10. The van der Waals surface area contributed by atoms with E-state index >= 15 is 0 Å². The maximum Gasteiger partial charge on any atom is 0.242 e. The molecule has 1 aromatic heterocycles. The number of hydrogen-bond donors (Lipinski definition) is 2. The van der Waals surface area contributed by atoms with Gasteiger partial charge in [-0.3, -0.25) is 4.79 Å². The minimum atomic E-state index is -0.284. The van der Waals surface area contributed by atoms with E-state index in [2.05, 4.69) is 15.3 Å². The lowest BCUT2D eigenvalue weighted by molar-refractivity contribution is -0.121. The van der Waals surface area contributed by atoms with E-state index in [9.17, 15) is 4.79 Å². The molecule has 1 fully saturated rings. The largest absolute Gasteiger partial charge is 0.357 e. The van der Waals surface area contributed by atoms with Gasteiger partial charge in [-0.15, -0.1) is 0 Å². The van der Waals surface area contributed by atoms with Crippen LogP contribution in [0.25, 0.3) is 11.4 Å². The molecule has 1 amide bonds. The van der Waals surface area contributed by atoms with Crippen LogP contribution in [-0.4, -0.2) is 41.6 Å². The Morgan fingerprint density at radius 3 is 2.74 bits per heavy atom. The molecule has 6 heteroatoms. The minimum Gasteiger partial charge on any atom is -0.357 e. The van der Waals surface area contributed by atoms with Crippen LogP contribution in [-0.2, 0) is 4.79 Å². The number of benzene rings is 1. The summed E-state index contributed by atoms with van der Waals surface area (Å²) in [4.78, 5) is 23.3. The van der Waals surface area contributed by atoms with Gasteiger partial charge >= 0.3 is 0 Å². The predicted molar refractivity (Wildman–Crippen MR) is 90.0 cm³/mol. The number of nitrogens with zero attached hydrogens (tertiary/aromatic N) is 3. The molecule has 0 radical (unpaired) electrons. The maximum atomic E-state index is 12.1. The van der Waals surface area contributed by atoms with Crippen molar-refractivity contribution in [2.75, 3.05) is 18.5 Å². The first-order valence-corrected chi connectivity index (χ1v) is 7.73. The van der Waals surface area contributed by atoms with Gasteiger partial charge in [0.1, 0.15) is 11.9 Å². The van der Waals surface area contributed by atoms with Crippen molar-refractivity contribution in [3.63, 3.8) is 0 Å². The normalized spacial score (nSPS) is 20.6. The lowest BCUT2D eigenvalue weighted by Crippen LogP contribution is -2.42. The van der Waals surface area contributed by atoms with Crippen molar-refractivity contribution in [1.29, 1.82) is 0 Å². The van der Waals surface area contributed by atoms with Crippen molar-refractivity contribution >= 4 is 11.7 Å². The van der Waals surface area contributed by atoms with E-state index in [1.165, 1.54) is 0 Å². The third kappa shape index (κ3) is 3.17. The maximum absolute atomic E-state index is 12.1. The molecule has 3 rings (SSSR count). The summed E-state index contributed by atoms with van der Waals surface area (Å²) in [6.07, 6.45) is 0.628. The molecule has 1 aliphatic heterocycles. The second kappa shape index (κ2) is 6.34. The first-order chi connectivity index (χ1) is 11.1. The molecule has 2 aromatic rings. The van der Waals surface area contributed by atoms with E-state index in [0.717, 1.165) is 17.1 Å². The summed E-state index contributed by atoms with van der Waals surface area (Å²) in [6.45, 7) is 2.55. The number of carbonyl (C=O) groups excluding carboxylic acids is 1. The Morgan fingerprint density at radius 1 is 1.30 bits per heavy atom. The van der Waals surface area contributed by atoms with Gasteiger partial charge in [0, 0.05) is 37.0 Å². The van der Waals surface area contributed by atoms with E-state index in [-0.39, 0.29) is 18.0 Å². The molecule has 120 valence electrons. The number of nitrogens with two attached hydrogens (primary N) is 1. The molecule has 2 atom stereocenters. The highest BCUT2D eigenvalue weighted by Crippen LogP contribution is 2.26. The number of hydrogen-bond acceptors (Lipinski definition) is 5. The van der Waals surface area contributed by atoms with Crippen molar-refractivity contribution in [3.05, 3.63) is 42.1 Å². The molecule has 2 heterocycles. The highest BCUT2D eigenvalue weighted by molar-refractivity contribution is 5.85. The number of carbonyl (C=O) groups is 1. The Labute approximate surface area is 135 Å². The fourth-order valence-corrected chi connectivity index (χ4v) is 2.95. The van der Waals surface area contributed by atoms with Gasteiger partial charge in [-0.1, -0.05) is 30.3 Å². The Hall–Kier alpha value is -2.47. The van der Waals surface area contributed by atoms with Crippen LogP contribution < -0.4 is 16.0 Å². The second-order valence-electron chi connectivity index (χ2n) is 5.84. The lowest BCUT2D eigenvalue weighted by atomic mass is 10.1. The van der Waals surface area contributed by atoms with Crippen LogP contribution in [0.1, 0.15) is 12.1 Å². The van der Waals surface area contributed by atoms with E-state index < -0.39 is 0 Å². The summed E-state index contributed by atoms with van der Waals surface area (Å²) in [5.41, 5.74) is 7.89. The van der Waals surface area contributed by atoms with Gasteiger partial charge in [0.05, 0.1) is 0 Å². The zero-order valence-electron chi connectivity index (χ0n) is 13.4. The Balaban J connectivity index is 1.99. The number of rotatable bonds is 3. The second-order valence-corrected chi connectivity index (χ2v) is 5.84. The van der Waals surface area contributed by atoms with Crippen LogP contribution in [0.2, 0.25) is 0 Å². The molecule has 23 heavy (non-hydrogen) atoms. The van der Waals surface area contributed by atoms with Crippen LogP contribution in [0, 0.1) is 6.92 Å². The van der Waals surface area contributed by atoms with Gasteiger partial charge < -0.3 is 16.0 Å². The van der Waals surface area contributed by atoms with Crippen molar-refractivity contribution in [1.82, 2.24) is 15.3 Å². The quantitative estimate of drug-likeness (QED) is 0.887. The average Bonchev–Trinajstić information content (AvgIpc) is 2.96. The van der Waals surface area contributed by atoms with Crippen LogP contribution in [0.4, 0.5) is 5.82 Å². The minimum absolute atomic E-state index is 0.0320. The van der Waals surface area contributed by atoms with E-state index in [4.69, 9.17) is 5.73 Å². The Morgan fingerprint density at radius 2 is 2.04 bits per heavy atom. The summed E-state index contributed by atoms with van der Waals surface area (Å²) in [5.74, 6) is 1.38. The molecule has 1 aliphatic rings. The summed E-state index contributed by atoms with van der Waals surface area (Å²) in [6, 6.07) is 11.4. The summed E-state index contributed by atoms with van der Waals surface area (Å²) in [7, 11) is 1.64. The van der Waals surface area contributed by atoms with Gasteiger partial charge in [0.25, 0.3) is 0 Å². The van der Waals surface area contributed by atoms with Crippen LogP contribution in [0.5, 0.6) is 0 Å². The highest BCUT2D eigenvalue weighted by Gasteiger charge is 2.35. The number of nitrogens with one attached hydrogen (secondary N) is 1. The van der Waals surface area contributed by atoms with Crippen molar-refractivity contribution in [2.24, 2.45) is 5.73 Å². The SMILES string of the molecule is CNC(=O)[C@@H]1C[C@@H](N)CN1c1cc(C)nc(-c2ccccc2)n1. The number of anilines is 1. The molecule has 1 saturated heterocycles. The molecule has 0 saturated carbocycles. The van der Waals surface area contributed by atoms with E-state index in [1.807, 2.05) is 48.2 Å². The lowest BCUT2D eigenvalue weighted by Gasteiger charge is -2.24. The molecule has 0 spiro atoms. The number of likely N-dealkylation sites (N-methyl/N-ethyl adjacent to an activating group) is 1. The number of amides is 1. The van der Waals surface area contributed by atoms with Gasteiger partial charge in [0.2, 0.25) is 5.91 Å². The molecule has 1 aromatic carbocycles. The zero-order valence-corrected chi connectivity index (χ0v) is 13.4. The molecule has 3 N–H and O–H groups in total. The van der Waals surface area contributed by atoms with Crippen LogP contribution in [0.15, 0.2) is 36.4 Å². The number of aryl methyl sites for hydroxylation is 1. The van der Waals surface area contributed by atoms with Crippen LogP contribution >= 0.6 is 0 Å². The Bertz CT molecular complexity index is 703. The van der Waals surface area contributed by atoms with E-state index in [1.54, 1.807) is 7.05 Å². The standard InChI is InChI=1S/C17H21N5O/c1-11-8-15(21-16(20-11)12-6-4-3-5-7-12)22-10-13(18)9-14(22)17(23)19-2/h3-8,13-14H,9-10,18H2,1-2H3,(H,19,23)/t13-,14+/m1/s1. The smallest absolute Gasteiger partial charge is 0.242 e. The van der Waals surface area contributed by atoms with Gasteiger partial charge in [-0.2, -0.15) is 0 Å². The molecule has 6 nitrogen and oxygen atoms in total. The topological polar surface area (TPSA) is 84.1 Å². The molecular weight excluding hydrogens is 290 g/mol. The van der Waals surface area contributed by atoms with Crippen LogP contribution in [0.3, 0.4) is 0 Å². The summed E-state index contributed by atoms with van der Waals surface area (Å²) >= 11 is 0. The highest BCUT2D eigenvalue weighted by atomic mass is 16.2. The number of aromatic nitrogens is 2. The molecule has 0 bridgehead atoms. The zero-order chi connectivity index (χ0) is 16.4. The molecule has 0 unspecified atom stereocenters. The van der Waals surface area contributed by atoms with Gasteiger partial charge in [0.15, 0.2) is 5.82 Å². The van der Waals surface area contributed by atoms with E-state index in [0.29, 0.717) is 18.8 Å². The van der Waals surface area contributed by atoms with Gasteiger partial charge in [-0.05, 0) is 13.3 Å². The fraction of sp³-hybridized carbons (Fsp3) is 0.353. The third-order valence-electron chi connectivity index (χ3n) is 4.05. The van der Waals surface area contributed by atoms with Crippen molar-refractivity contribution in [2.45, 2.75) is 25.4 Å². The van der Waals surface area contributed by atoms with Gasteiger partial charge in [-0.25, -0.2) is 9.97 Å². The first kappa shape index (κ1) is 15.4. The molecule has 0 aliphatic carbocycles. The van der Waals surface area contributed by atoms with Crippen molar-refractivity contribution < 1.29 is 4.79 Å². The average molecular weight is 311 g/mol. The fourth-order valence-electron chi connectivity index (χ4n) is 2.95. The monoisotopic (exact) mass is 311 g/mol. The van der Waals surface area contributed by atoms with Crippen molar-refractivity contribution in [3.8, 4) is 11.4 Å². The third-order valence-corrected chi connectivity index (χ3v) is 4.05. The summed E-state index contributed by atoms with van der Waals surface area (Å²) in [5, 5.41) is 2.71.